The van der Waals surface area contributed by atoms with Gasteiger partial charge in [-0.15, -0.1) is 24.0 Å². The van der Waals surface area contributed by atoms with Crippen molar-refractivity contribution in [1.82, 2.24) is 20.4 Å². The molecule has 1 fully saturated rings. The molecule has 0 aliphatic carbocycles. The number of anilines is 1. The van der Waals surface area contributed by atoms with Crippen molar-refractivity contribution in [2.24, 2.45) is 12.0 Å². The molecule has 0 radical (unpaired) electrons. The summed E-state index contributed by atoms with van der Waals surface area (Å²) in [6.45, 7) is 5.64. The second-order valence-corrected chi connectivity index (χ2v) is 6.05. The number of hydrogen-bond donors (Lipinski definition) is 2. The van der Waals surface area contributed by atoms with E-state index in [1.807, 2.05) is 17.8 Å². The van der Waals surface area contributed by atoms with Crippen molar-refractivity contribution in [3.8, 4) is 0 Å². The van der Waals surface area contributed by atoms with Gasteiger partial charge in [0.25, 0.3) is 0 Å². The SMILES string of the molecule is CCNC(=NCc1ccnn1C)NC1CCN(c2ccccc2)C1.I. The van der Waals surface area contributed by atoms with E-state index in [2.05, 4.69) is 57.9 Å². The Morgan fingerprint density at radius 1 is 1.28 bits per heavy atom. The van der Waals surface area contributed by atoms with Crippen molar-refractivity contribution >= 4 is 35.6 Å². The number of guanidine groups is 1. The Morgan fingerprint density at radius 3 is 2.76 bits per heavy atom. The Hall–Kier alpha value is -1.77. The quantitative estimate of drug-likeness (QED) is 0.414. The molecule has 0 spiro atoms. The molecule has 136 valence electrons. The van der Waals surface area contributed by atoms with Crippen LogP contribution in [0.4, 0.5) is 5.69 Å². The molecule has 1 aliphatic heterocycles. The lowest BCUT2D eigenvalue weighted by Crippen LogP contribution is -2.44. The highest BCUT2D eigenvalue weighted by Gasteiger charge is 2.23. The van der Waals surface area contributed by atoms with E-state index in [1.54, 1.807) is 6.20 Å². The van der Waals surface area contributed by atoms with Crippen LogP contribution in [-0.4, -0.2) is 41.4 Å². The number of aryl methyl sites for hydroxylation is 1. The van der Waals surface area contributed by atoms with Gasteiger partial charge in [0.05, 0.1) is 12.2 Å². The first-order valence-corrected chi connectivity index (χ1v) is 8.58. The largest absolute Gasteiger partial charge is 0.369 e. The molecule has 1 aromatic carbocycles. The van der Waals surface area contributed by atoms with Gasteiger partial charge >= 0.3 is 0 Å². The van der Waals surface area contributed by atoms with Gasteiger partial charge in [-0.05, 0) is 31.5 Å². The van der Waals surface area contributed by atoms with Crippen LogP contribution >= 0.6 is 24.0 Å². The highest BCUT2D eigenvalue weighted by Crippen LogP contribution is 2.19. The standard InChI is InChI=1S/C18H26N6.HI/c1-3-19-18(20-13-17-9-11-21-23(17)2)22-15-10-12-24(14-15)16-7-5-4-6-8-16;/h4-9,11,15H,3,10,12-14H2,1-2H3,(H2,19,20,22);1H. The number of halogens is 1. The summed E-state index contributed by atoms with van der Waals surface area (Å²) in [4.78, 5) is 7.11. The van der Waals surface area contributed by atoms with Crippen LogP contribution in [0, 0.1) is 0 Å². The average Bonchev–Trinajstić information content (AvgIpc) is 3.23. The zero-order valence-corrected chi connectivity index (χ0v) is 17.2. The van der Waals surface area contributed by atoms with Crippen LogP contribution < -0.4 is 15.5 Å². The Kier molecular flexibility index (Phi) is 7.54. The normalized spacial score (nSPS) is 17.3. The Morgan fingerprint density at radius 2 is 2.08 bits per heavy atom. The molecule has 3 rings (SSSR count). The van der Waals surface area contributed by atoms with Gasteiger partial charge in [0.2, 0.25) is 0 Å². The minimum Gasteiger partial charge on any atom is -0.369 e. The first-order valence-electron chi connectivity index (χ1n) is 8.58. The van der Waals surface area contributed by atoms with Crippen molar-refractivity contribution < 1.29 is 0 Å². The Labute approximate surface area is 166 Å². The lowest BCUT2D eigenvalue weighted by atomic mass is 10.3. The van der Waals surface area contributed by atoms with Crippen molar-refractivity contribution in [2.45, 2.75) is 25.9 Å². The predicted molar refractivity (Wildman–Crippen MR) is 114 cm³/mol. The second kappa shape index (κ2) is 9.65. The lowest BCUT2D eigenvalue weighted by Gasteiger charge is -2.20. The minimum absolute atomic E-state index is 0. The van der Waals surface area contributed by atoms with E-state index in [0.29, 0.717) is 12.6 Å². The third kappa shape index (κ3) is 5.35. The fourth-order valence-corrected chi connectivity index (χ4v) is 2.98. The number of para-hydroxylation sites is 1. The minimum atomic E-state index is 0. The third-order valence-electron chi connectivity index (χ3n) is 4.32. The average molecular weight is 454 g/mol. The van der Waals surface area contributed by atoms with Crippen molar-refractivity contribution in [2.75, 3.05) is 24.5 Å². The van der Waals surface area contributed by atoms with Gasteiger partial charge in [0, 0.05) is 44.6 Å². The summed E-state index contributed by atoms with van der Waals surface area (Å²) in [7, 11) is 1.94. The van der Waals surface area contributed by atoms with Crippen molar-refractivity contribution in [3.05, 3.63) is 48.3 Å². The fraction of sp³-hybridized carbons (Fsp3) is 0.444. The van der Waals surface area contributed by atoms with Crippen LogP contribution in [0.5, 0.6) is 0 Å². The van der Waals surface area contributed by atoms with Crippen molar-refractivity contribution in [1.29, 1.82) is 0 Å². The zero-order valence-electron chi connectivity index (χ0n) is 14.9. The van der Waals surface area contributed by atoms with Gasteiger partial charge in [0.15, 0.2) is 5.96 Å². The molecule has 1 atom stereocenters. The molecule has 0 amide bonds. The highest BCUT2D eigenvalue weighted by atomic mass is 127. The molecular formula is C18H27IN6. The van der Waals surface area contributed by atoms with Crippen LogP contribution in [0.2, 0.25) is 0 Å². The molecule has 1 saturated heterocycles. The molecule has 6 nitrogen and oxygen atoms in total. The maximum absolute atomic E-state index is 4.69. The van der Waals surface area contributed by atoms with E-state index in [1.165, 1.54) is 5.69 Å². The number of nitrogens with one attached hydrogen (secondary N) is 2. The monoisotopic (exact) mass is 454 g/mol. The highest BCUT2D eigenvalue weighted by molar-refractivity contribution is 14.0. The van der Waals surface area contributed by atoms with E-state index in [0.717, 1.165) is 37.7 Å². The molecule has 2 N–H and O–H groups in total. The molecule has 7 heteroatoms. The molecule has 2 heterocycles. The van der Waals surface area contributed by atoms with Gasteiger partial charge in [-0.2, -0.15) is 5.10 Å². The van der Waals surface area contributed by atoms with Gasteiger partial charge in [0.1, 0.15) is 0 Å². The van der Waals surface area contributed by atoms with Crippen LogP contribution in [0.15, 0.2) is 47.6 Å². The molecule has 0 saturated carbocycles. The van der Waals surface area contributed by atoms with Gasteiger partial charge in [-0.3, -0.25) is 4.68 Å². The van der Waals surface area contributed by atoms with Crippen LogP contribution in [0.3, 0.4) is 0 Å². The number of nitrogens with zero attached hydrogens (tertiary/aromatic N) is 4. The van der Waals surface area contributed by atoms with E-state index in [-0.39, 0.29) is 24.0 Å². The number of aromatic nitrogens is 2. The van der Waals surface area contributed by atoms with Gasteiger partial charge in [-0.1, -0.05) is 18.2 Å². The molecule has 0 bridgehead atoms. The van der Waals surface area contributed by atoms with Crippen LogP contribution in [0.25, 0.3) is 0 Å². The number of benzene rings is 1. The Balaban J connectivity index is 0.00000225. The van der Waals surface area contributed by atoms with Gasteiger partial charge < -0.3 is 15.5 Å². The lowest BCUT2D eigenvalue weighted by molar-refractivity contribution is 0.645. The Bertz CT molecular complexity index is 669. The summed E-state index contributed by atoms with van der Waals surface area (Å²) in [5.74, 6) is 0.874. The summed E-state index contributed by atoms with van der Waals surface area (Å²) in [5, 5.41) is 11.1. The first-order chi connectivity index (χ1) is 11.8. The summed E-state index contributed by atoms with van der Waals surface area (Å²) in [5.41, 5.74) is 2.39. The molecule has 25 heavy (non-hydrogen) atoms. The van der Waals surface area contributed by atoms with E-state index in [4.69, 9.17) is 4.99 Å². The topological polar surface area (TPSA) is 57.5 Å². The summed E-state index contributed by atoms with van der Waals surface area (Å²) in [6.07, 6.45) is 2.92. The molecule has 1 unspecified atom stereocenters. The van der Waals surface area contributed by atoms with E-state index < -0.39 is 0 Å². The summed E-state index contributed by atoms with van der Waals surface area (Å²) in [6, 6.07) is 13.0. The maximum Gasteiger partial charge on any atom is 0.191 e. The molecule has 1 aromatic heterocycles. The van der Waals surface area contributed by atoms with Crippen LogP contribution in [-0.2, 0) is 13.6 Å². The number of hydrogen-bond acceptors (Lipinski definition) is 3. The van der Waals surface area contributed by atoms with Crippen molar-refractivity contribution in [3.63, 3.8) is 0 Å². The maximum atomic E-state index is 4.69. The fourth-order valence-electron chi connectivity index (χ4n) is 2.98. The number of rotatable bonds is 5. The second-order valence-electron chi connectivity index (χ2n) is 6.05. The zero-order chi connectivity index (χ0) is 16.8. The number of aliphatic imine (C=N–C) groups is 1. The van der Waals surface area contributed by atoms with Crippen LogP contribution in [0.1, 0.15) is 19.0 Å². The third-order valence-corrected chi connectivity index (χ3v) is 4.32. The summed E-state index contributed by atoms with van der Waals surface area (Å²) < 4.78 is 1.86. The molecular weight excluding hydrogens is 427 g/mol. The molecule has 2 aromatic rings. The first kappa shape index (κ1) is 19.6. The smallest absolute Gasteiger partial charge is 0.191 e. The predicted octanol–water partition coefficient (Wildman–Crippen LogP) is 2.37. The van der Waals surface area contributed by atoms with E-state index in [9.17, 15) is 0 Å². The summed E-state index contributed by atoms with van der Waals surface area (Å²) >= 11 is 0. The van der Waals surface area contributed by atoms with E-state index >= 15 is 0 Å². The molecule has 1 aliphatic rings. The van der Waals surface area contributed by atoms with Gasteiger partial charge in [-0.25, -0.2) is 4.99 Å².